The molecule has 1 saturated heterocycles. The second-order valence-electron chi connectivity index (χ2n) is 7.54. The average Bonchev–Trinajstić information content (AvgIpc) is 3.34. The molecule has 0 bridgehead atoms. The molecule has 0 aliphatic carbocycles. The molecule has 1 aliphatic rings. The second kappa shape index (κ2) is 8.91. The van der Waals surface area contributed by atoms with Gasteiger partial charge in [0.05, 0.1) is 24.8 Å². The number of rotatable bonds is 7. The molecule has 1 N–H and O–H groups in total. The third-order valence-electron chi connectivity index (χ3n) is 5.40. The van der Waals surface area contributed by atoms with Gasteiger partial charge in [-0.2, -0.15) is 5.26 Å². The number of aromatic nitrogens is 1. The standard InChI is InChI=1S/C21H28N4O2S/c1-14-7-9-28-19(14)12-24(4)13-20(26)23-21-18(10-22)15(2)16(3)25(21)11-17-6-5-8-27-17/h7,9,17H,5-6,8,11-13H2,1-4H3,(H,23,26). The molecule has 3 heterocycles. The maximum Gasteiger partial charge on any atom is 0.239 e. The van der Waals surface area contributed by atoms with Crippen molar-refractivity contribution in [2.45, 2.75) is 52.8 Å². The summed E-state index contributed by atoms with van der Waals surface area (Å²) in [6.07, 6.45) is 2.20. The van der Waals surface area contributed by atoms with Crippen LogP contribution >= 0.6 is 11.3 Å². The normalized spacial score (nSPS) is 16.5. The van der Waals surface area contributed by atoms with Crippen LogP contribution in [0.25, 0.3) is 0 Å². The van der Waals surface area contributed by atoms with Crippen LogP contribution in [0.5, 0.6) is 0 Å². The van der Waals surface area contributed by atoms with Crippen molar-refractivity contribution in [2.24, 2.45) is 0 Å². The van der Waals surface area contributed by atoms with Gasteiger partial charge >= 0.3 is 0 Å². The minimum Gasteiger partial charge on any atom is -0.376 e. The molecule has 1 amide bonds. The zero-order valence-electron chi connectivity index (χ0n) is 17.0. The summed E-state index contributed by atoms with van der Waals surface area (Å²) in [7, 11) is 1.94. The summed E-state index contributed by atoms with van der Waals surface area (Å²) in [6.45, 7) is 8.45. The summed E-state index contributed by atoms with van der Waals surface area (Å²) >= 11 is 1.71. The number of likely N-dealkylation sites (N-methyl/N-ethyl adjacent to an activating group) is 1. The van der Waals surface area contributed by atoms with Crippen molar-refractivity contribution in [1.29, 1.82) is 5.26 Å². The summed E-state index contributed by atoms with van der Waals surface area (Å²) in [5.41, 5.74) is 3.71. The molecule has 1 aliphatic heterocycles. The SMILES string of the molecule is Cc1ccsc1CN(C)CC(=O)Nc1c(C#N)c(C)c(C)n1CC1CCCO1. The fourth-order valence-corrected chi connectivity index (χ4v) is 4.62. The first-order chi connectivity index (χ1) is 13.4. The van der Waals surface area contributed by atoms with E-state index in [0.717, 1.165) is 37.3 Å². The number of hydrogen-bond acceptors (Lipinski definition) is 5. The largest absolute Gasteiger partial charge is 0.376 e. The van der Waals surface area contributed by atoms with Crippen LogP contribution in [0.2, 0.25) is 0 Å². The van der Waals surface area contributed by atoms with E-state index in [9.17, 15) is 10.1 Å². The van der Waals surface area contributed by atoms with E-state index in [2.05, 4.69) is 29.8 Å². The molecule has 1 unspecified atom stereocenters. The number of ether oxygens (including phenoxy) is 1. The Morgan fingerprint density at radius 1 is 1.46 bits per heavy atom. The summed E-state index contributed by atoms with van der Waals surface area (Å²) < 4.78 is 7.80. The predicted molar refractivity (Wildman–Crippen MR) is 112 cm³/mol. The molecule has 150 valence electrons. The molecular formula is C21H28N4O2S. The van der Waals surface area contributed by atoms with E-state index >= 15 is 0 Å². The van der Waals surface area contributed by atoms with Gasteiger partial charge < -0.3 is 14.6 Å². The molecule has 7 heteroatoms. The van der Waals surface area contributed by atoms with Crippen molar-refractivity contribution in [3.63, 3.8) is 0 Å². The van der Waals surface area contributed by atoms with Crippen molar-refractivity contribution >= 4 is 23.1 Å². The zero-order valence-corrected chi connectivity index (χ0v) is 17.9. The van der Waals surface area contributed by atoms with Gasteiger partial charge in [-0.3, -0.25) is 9.69 Å². The van der Waals surface area contributed by atoms with Gasteiger partial charge in [0.15, 0.2) is 0 Å². The fraction of sp³-hybridized carbons (Fsp3) is 0.524. The Bertz CT molecular complexity index is 887. The average molecular weight is 401 g/mol. The maximum atomic E-state index is 12.7. The highest BCUT2D eigenvalue weighted by Gasteiger charge is 2.24. The van der Waals surface area contributed by atoms with Gasteiger partial charge in [-0.05, 0) is 63.2 Å². The van der Waals surface area contributed by atoms with Crippen LogP contribution in [0.4, 0.5) is 5.82 Å². The molecule has 0 spiro atoms. The van der Waals surface area contributed by atoms with Crippen molar-refractivity contribution < 1.29 is 9.53 Å². The van der Waals surface area contributed by atoms with E-state index in [4.69, 9.17) is 4.74 Å². The highest BCUT2D eigenvalue weighted by Crippen LogP contribution is 2.28. The van der Waals surface area contributed by atoms with Crippen LogP contribution in [0.15, 0.2) is 11.4 Å². The molecule has 1 fully saturated rings. The van der Waals surface area contributed by atoms with Crippen molar-refractivity contribution in [2.75, 3.05) is 25.5 Å². The molecule has 0 radical (unpaired) electrons. The highest BCUT2D eigenvalue weighted by atomic mass is 32.1. The number of thiophene rings is 1. The number of amides is 1. The molecule has 6 nitrogen and oxygen atoms in total. The summed E-state index contributed by atoms with van der Waals surface area (Å²) in [4.78, 5) is 16.0. The lowest BCUT2D eigenvalue weighted by Gasteiger charge is -2.19. The quantitative estimate of drug-likeness (QED) is 0.771. The van der Waals surface area contributed by atoms with E-state index in [1.165, 1.54) is 10.4 Å². The lowest BCUT2D eigenvalue weighted by molar-refractivity contribution is -0.117. The van der Waals surface area contributed by atoms with Crippen molar-refractivity contribution in [3.05, 3.63) is 38.7 Å². The number of nitrogens with one attached hydrogen (secondary N) is 1. The number of aryl methyl sites for hydroxylation is 1. The van der Waals surface area contributed by atoms with Gasteiger partial charge in [0.1, 0.15) is 11.9 Å². The third kappa shape index (κ3) is 4.46. The summed E-state index contributed by atoms with van der Waals surface area (Å²) in [5.74, 6) is 0.484. The van der Waals surface area contributed by atoms with Gasteiger partial charge in [-0.25, -0.2) is 0 Å². The van der Waals surface area contributed by atoms with Crippen LogP contribution in [0, 0.1) is 32.1 Å². The second-order valence-corrected chi connectivity index (χ2v) is 8.54. The molecular weight excluding hydrogens is 372 g/mol. The number of hydrogen-bond donors (Lipinski definition) is 1. The Hall–Kier alpha value is -2.14. The molecule has 2 aromatic rings. The van der Waals surface area contributed by atoms with Gasteiger partial charge in [-0.1, -0.05) is 0 Å². The number of nitriles is 1. The van der Waals surface area contributed by atoms with E-state index in [0.29, 0.717) is 17.9 Å². The molecule has 0 saturated carbocycles. The minimum absolute atomic E-state index is 0.112. The van der Waals surface area contributed by atoms with Crippen LogP contribution in [0.1, 0.15) is 40.1 Å². The Kier molecular flexibility index (Phi) is 6.55. The lowest BCUT2D eigenvalue weighted by Crippen LogP contribution is -2.31. The molecule has 0 aromatic carbocycles. The number of anilines is 1. The number of nitrogens with zero attached hydrogens (tertiary/aromatic N) is 3. The van der Waals surface area contributed by atoms with Gasteiger partial charge in [0, 0.05) is 23.7 Å². The first kappa shape index (κ1) is 20.6. The number of carbonyl (C=O) groups excluding carboxylic acids is 1. The van der Waals surface area contributed by atoms with E-state index in [1.807, 2.05) is 30.4 Å². The van der Waals surface area contributed by atoms with Crippen LogP contribution < -0.4 is 5.32 Å². The Balaban J connectivity index is 1.72. The first-order valence-electron chi connectivity index (χ1n) is 9.63. The van der Waals surface area contributed by atoms with Crippen LogP contribution in [-0.4, -0.2) is 41.7 Å². The molecule has 1 atom stereocenters. The van der Waals surface area contributed by atoms with Crippen molar-refractivity contribution in [3.8, 4) is 6.07 Å². The maximum absolute atomic E-state index is 12.7. The topological polar surface area (TPSA) is 70.3 Å². The van der Waals surface area contributed by atoms with Gasteiger partial charge in [0.2, 0.25) is 5.91 Å². The Labute approximate surface area is 170 Å². The van der Waals surface area contributed by atoms with Gasteiger partial charge in [0.25, 0.3) is 0 Å². The summed E-state index contributed by atoms with van der Waals surface area (Å²) in [6, 6.07) is 4.36. The zero-order chi connectivity index (χ0) is 20.3. The number of carbonyl (C=O) groups is 1. The van der Waals surface area contributed by atoms with Crippen LogP contribution in [-0.2, 0) is 22.6 Å². The fourth-order valence-electron chi connectivity index (χ4n) is 3.63. The molecule has 28 heavy (non-hydrogen) atoms. The van der Waals surface area contributed by atoms with E-state index < -0.39 is 0 Å². The lowest BCUT2D eigenvalue weighted by atomic mass is 10.2. The molecule has 2 aromatic heterocycles. The Morgan fingerprint density at radius 3 is 2.86 bits per heavy atom. The Morgan fingerprint density at radius 2 is 2.25 bits per heavy atom. The smallest absolute Gasteiger partial charge is 0.239 e. The monoisotopic (exact) mass is 400 g/mol. The molecule has 3 rings (SSSR count). The van der Waals surface area contributed by atoms with Gasteiger partial charge in [-0.15, -0.1) is 11.3 Å². The first-order valence-corrected chi connectivity index (χ1v) is 10.5. The summed E-state index contributed by atoms with van der Waals surface area (Å²) in [5, 5.41) is 14.7. The van der Waals surface area contributed by atoms with Crippen molar-refractivity contribution in [1.82, 2.24) is 9.47 Å². The van der Waals surface area contributed by atoms with Crippen LogP contribution in [0.3, 0.4) is 0 Å². The third-order valence-corrected chi connectivity index (χ3v) is 6.41. The van der Waals surface area contributed by atoms with E-state index in [1.54, 1.807) is 11.3 Å². The van der Waals surface area contributed by atoms with E-state index in [-0.39, 0.29) is 18.6 Å². The minimum atomic E-state index is -0.112. The highest BCUT2D eigenvalue weighted by molar-refractivity contribution is 7.10. The predicted octanol–water partition coefficient (Wildman–Crippen LogP) is 3.60.